The van der Waals surface area contributed by atoms with Crippen molar-refractivity contribution in [2.75, 3.05) is 13.4 Å². The number of rotatable bonds is 4. The Morgan fingerprint density at radius 3 is 2.29 bits per heavy atom. The number of methoxy groups -OCH3 is 1. The van der Waals surface area contributed by atoms with Crippen LogP contribution in [0.25, 0.3) is 0 Å². The van der Waals surface area contributed by atoms with Gasteiger partial charge in [0.1, 0.15) is 5.75 Å². The van der Waals surface area contributed by atoms with Crippen molar-refractivity contribution >= 4 is 31.7 Å². The van der Waals surface area contributed by atoms with E-state index in [-0.39, 0.29) is 6.04 Å². The fraction of sp³-hybridized carbons (Fsp3) is 0.235. The molecule has 0 spiro atoms. The molecule has 0 fully saturated rings. The Morgan fingerprint density at radius 1 is 1.12 bits per heavy atom. The van der Waals surface area contributed by atoms with Gasteiger partial charge < -0.3 is 4.74 Å². The number of benzene rings is 2. The van der Waals surface area contributed by atoms with E-state index in [4.69, 9.17) is 4.74 Å². The first kappa shape index (κ1) is 17.0. The van der Waals surface area contributed by atoms with Crippen LogP contribution in [0.5, 0.6) is 5.75 Å². The molecule has 0 saturated heterocycles. The second-order valence-electron chi connectivity index (χ2n) is 5.58. The molecule has 2 aromatic rings. The van der Waals surface area contributed by atoms with E-state index < -0.39 is 10.0 Å². The van der Waals surface area contributed by atoms with E-state index in [0.29, 0.717) is 6.42 Å². The van der Waals surface area contributed by atoms with Gasteiger partial charge in [-0.1, -0.05) is 40.2 Å². The van der Waals surface area contributed by atoms with Crippen LogP contribution in [-0.4, -0.2) is 31.9 Å². The molecule has 7 heteroatoms. The number of hydrogen-bond acceptors (Lipinski definition) is 4. The maximum Gasteiger partial charge on any atom is 0.247 e. The largest absolute Gasteiger partial charge is 0.497 e. The summed E-state index contributed by atoms with van der Waals surface area (Å²) in [6.07, 6.45) is 1.71. The number of halogens is 1. The zero-order valence-corrected chi connectivity index (χ0v) is 15.7. The van der Waals surface area contributed by atoms with Gasteiger partial charge in [0.05, 0.1) is 25.1 Å². The highest BCUT2D eigenvalue weighted by molar-refractivity contribution is 9.10. The van der Waals surface area contributed by atoms with Crippen molar-refractivity contribution < 1.29 is 13.2 Å². The lowest BCUT2D eigenvalue weighted by molar-refractivity contribution is 0.374. The highest BCUT2D eigenvalue weighted by Crippen LogP contribution is 2.35. The van der Waals surface area contributed by atoms with Crippen LogP contribution in [-0.2, 0) is 10.0 Å². The summed E-state index contributed by atoms with van der Waals surface area (Å²) in [5, 5.41) is 4.38. The predicted molar refractivity (Wildman–Crippen MR) is 97.7 cm³/mol. The Bertz CT molecular complexity index is 862. The summed E-state index contributed by atoms with van der Waals surface area (Å²) in [6, 6.07) is 14.8. The number of hydrogen-bond donors (Lipinski definition) is 0. The minimum absolute atomic E-state index is 0.343. The summed E-state index contributed by atoms with van der Waals surface area (Å²) >= 11 is 3.40. The van der Waals surface area contributed by atoms with Crippen LogP contribution in [0.4, 0.5) is 0 Å². The number of nitrogens with zero attached hydrogens (tertiary/aromatic N) is 2. The van der Waals surface area contributed by atoms with Crippen molar-refractivity contribution in [1.29, 1.82) is 0 Å². The Kier molecular flexibility index (Phi) is 4.64. The van der Waals surface area contributed by atoms with Crippen LogP contribution in [0.2, 0.25) is 0 Å². The molecule has 0 radical (unpaired) electrons. The van der Waals surface area contributed by atoms with Crippen molar-refractivity contribution in [1.82, 2.24) is 4.41 Å². The predicted octanol–water partition coefficient (Wildman–Crippen LogP) is 3.57. The highest BCUT2D eigenvalue weighted by Gasteiger charge is 2.34. The van der Waals surface area contributed by atoms with Crippen LogP contribution in [0.3, 0.4) is 0 Å². The number of hydrazone groups is 1. The van der Waals surface area contributed by atoms with Crippen LogP contribution < -0.4 is 4.74 Å². The molecule has 0 amide bonds. The first-order valence-electron chi connectivity index (χ1n) is 7.35. The number of sulfonamides is 1. The third-order valence-corrected chi connectivity index (χ3v) is 5.43. The quantitative estimate of drug-likeness (QED) is 0.776. The zero-order chi connectivity index (χ0) is 17.3. The summed E-state index contributed by atoms with van der Waals surface area (Å²) in [5.41, 5.74) is 2.56. The highest BCUT2D eigenvalue weighted by atomic mass is 79.9. The van der Waals surface area contributed by atoms with Crippen molar-refractivity contribution in [3.8, 4) is 5.75 Å². The molecule has 0 bridgehead atoms. The topological polar surface area (TPSA) is 59.0 Å². The smallest absolute Gasteiger partial charge is 0.247 e. The van der Waals surface area contributed by atoms with E-state index in [1.54, 1.807) is 7.11 Å². The molecule has 0 unspecified atom stereocenters. The summed E-state index contributed by atoms with van der Waals surface area (Å²) < 4.78 is 31.6. The summed E-state index contributed by atoms with van der Waals surface area (Å²) in [7, 11) is -1.86. The molecule has 1 aliphatic heterocycles. The molecule has 126 valence electrons. The molecule has 1 atom stereocenters. The molecule has 3 rings (SSSR count). The van der Waals surface area contributed by atoms with Crippen LogP contribution in [0.1, 0.15) is 23.6 Å². The van der Waals surface area contributed by atoms with Gasteiger partial charge in [-0.05, 0) is 35.4 Å². The molecular weight excluding hydrogens is 392 g/mol. The molecule has 0 saturated carbocycles. The Balaban J connectivity index is 1.96. The van der Waals surface area contributed by atoms with Crippen LogP contribution in [0.15, 0.2) is 58.1 Å². The van der Waals surface area contributed by atoms with Gasteiger partial charge in [0, 0.05) is 10.9 Å². The van der Waals surface area contributed by atoms with Gasteiger partial charge in [-0.25, -0.2) is 8.42 Å². The molecule has 1 heterocycles. The summed E-state index contributed by atoms with van der Waals surface area (Å²) in [6.45, 7) is 0. The van der Waals surface area contributed by atoms with Crippen LogP contribution >= 0.6 is 15.9 Å². The fourth-order valence-corrected chi connectivity index (χ4v) is 3.86. The van der Waals surface area contributed by atoms with Crippen molar-refractivity contribution in [2.24, 2.45) is 5.10 Å². The molecule has 24 heavy (non-hydrogen) atoms. The third-order valence-electron chi connectivity index (χ3n) is 3.89. The Hall–Kier alpha value is -1.86. The average Bonchev–Trinajstić information content (AvgIpc) is 3.01. The molecule has 0 aliphatic carbocycles. The first-order valence-corrected chi connectivity index (χ1v) is 9.99. The van der Waals surface area contributed by atoms with Crippen LogP contribution in [0, 0.1) is 0 Å². The van der Waals surface area contributed by atoms with Crippen molar-refractivity contribution in [3.05, 3.63) is 64.1 Å². The minimum atomic E-state index is -3.46. The average molecular weight is 409 g/mol. The second-order valence-corrected chi connectivity index (χ2v) is 8.34. The van der Waals surface area contributed by atoms with Gasteiger partial charge >= 0.3 is 0 Å². The van der Waals surface area contributed by atoms with E-state index in [1.807, 2.05) is 48.5 Å². The Morgan fingerprint density at radius 2 is 1.75 bits per heavy atom. The van der Waals surface area contributed by atoms with Gasteiger partial charge in [-0.15, -0.1) is 0 Å². The van der Waals surface area contributed by atoms with E-state index in [0.717, 1.165) is 27.1 Å². The third kappa shape index (κ3) is 3.47. The zero-order valence-electron chi connectivity index (χ0n) is 13.3. The molecule has 1 aliphatic rings. The normalized spacial score (nSPS) is 17.7. The van der Waals surface area contributed by atoms with Gasteiger partial charge in [-0.2, -0.15) is 9.52 Å². The SMILES string of the molecule is COc1ccc([C@@H]2CC(c3ccc(Br)cc3)=NN2S(C)(=O)=O)cc1. The maximum atomic E-state index is 12.2. The standard InChI is InChI=1S/C17H17BrN2O3S/c1-23-15-9-5-13(6-10-15)17-11-16(19-20(17)24(2,21)22)12-3-7-14(18)8-4-12/h3-10,17H,11H2,1-2H3/t17-/m0/s1. The van der Waals surface area contributed by atoms with E-state index in [1.165, 1.54) is 10.7 Å². The molecular formula is C17H17BrN2O3S. The fourth-order valence-electron chi connectivity index (χ4n) is 2.69. The lowest BCUT2D eigenvalue weighted by Gasteiger charge is -2.21. The van der Waals surface area contributed by atoms with Gasteiger partial charge in [0.15, 0.2) is 0 Å². The minimum Gasteiger partial charge on any atom is -0.497 e. The van der Waals surface area contributed by atoms with Crippen molar-refractivity contribution in [2.45, 2.75) is 12.5 Å². The monoisotopic (exact) mass is 408 g/mol. The maximum absolute atomic E-state index is 12.2. The lowest BCUT2D eigenvalue weighted by atomic mass is 9.99. The van der Waals surface area contributed by atoms with E-state index >= 15 is 0 Å². The molecule has 2 aromatic carbocycles. The molecule has 0 aromatic heterocycles. The molecule has 5 nitrogen and oxygen atoms in total. The van der Waals surface area contributed by atoms with E-state index in [9.17, 15) is 8.42 Å². The van der Waals surface area contributed by atoms with Gasteiger partial charge in [0.2, 0.25) is 10.0 Å². The number of ether oxygens (including phenoxy) is 1. The second kappa shape index (κ2) is 6.57. The summed E-state index contributed by atoms with van der Waals surface area (Å²) in [4.78, 5) is 0. The van der Waals surface area contributed by atoms with E-state index in [2.05, 4.69) is 21.0 Å². The van der Waals surface area contributed by atoms with Gasteiger partial charge in [-0.3, -0.25) is 0 Å². The van der Waals surface area contributed by atoms with Crippen molar-refractivity contribution in [3.63, 3.8) is 0 Å². The Labute approximate surface area is 150 Å². The lowest BCUT2D eigenvalue weighted by Crippen LogP contribution is -2.25. The molecule has 0 N–H and O–H groups in total. The van der Waals surface area contributed by atoms with Gasteiger partial charge in [0.25, 0.3) is 0 Å². The first-order chi connectivity index (χ1) is 11.4. The summed E-state index contributed by atoms with van der Waals surface area (Å²) in [5.74, 6) is 0.733.